The average Bonchev–Trinajstić information content (AvgIpc) is 2.73. The molecule has 0 aliphatic rings. The maximum absolute atomic E-state index is 10.8. The summed E-state index contributed by atoms with van der Waals surface area (Å²) in [5, 5.41) is 0. The van der Waals surface area contributed by atoms with Crippen LogP contribution in [0.2, 0.25) is 0 Å². The van der Waals surface area contributed by atoms with Gasteiger partial charge < -0.3 is 4.74 Å². The van der Waals surface area contributed by atoms with E-state index in [-0.39, 0.29) is 5.41 Å². The van der Waals surface area contributed by atoms with Crippen molar-refractivity contribution >= 4 is 6.29 Å². The van der Waals surface area contributed by atoms with E-state index in [2.05, 4.69) is 45.0 Å². The Balaban J connectivity index is 1.73. The first-order chi connectivity index (χ1) is 13.0. The molecule has 3 rings (SSSR count). The van der Waals surface area contributed by atoms with Gasteiger partial charge in [-0.05, 0) is 46.2 Å². The quantitative estimate of drug-likeness (QED) is 0.455. The Morgan fingerprint density at radius 2 is 1.63 bits per heavy atom. The summed E-state index contributed by atoms with van der Waals surface area (Å²) in [6.45, 7) is 7.30. The molecule has 0 fully saturated rings. The molecule has 0 aromatic heterocycles. The number of carbonyl (C=O) groups excluding carboxylic acids is 1. The van der Waals surface area contributed by atoms with Gasteiger partial charge in [-0.15, -0.1) is 0 Å². The molecule has 0 heterocycles. The van der Waals surface area contributed by atoms with Gasteiger partial charge in [0, 0.05) is 5.56 Å². The smallest absolute Gasteiger partial charge is 0.150 e. The highest BCUT2D eigenvalue weighted by Crippen LogP contribution is 2.28. The third kappa shape index (κ3) is 4.65. The summed E-state index contributed by atoms with van der Waals surface area (Å²) in [4.78, 5) is 10.8. The topological polar surface area (TPSA) is 26.3 Å². The van der Waals surface area contributed by atoms with Gasteiger partial charge in [0.25, 0.3) is 0 Å². The second-order valence-electron chi connectivity index (χ2n) is 7.49. The van der Waals surface area contributed by atoms with E-state index in [4.69, 9.17) is 4.74 Å². The van der Waals surface area contributed by atoms with Crippen LogP contribution >= 0.6 is 0 Å². The van der Waals surface area contributed by atoms with Gasteiger partial charge in [0.15, 0.2) is 0 Å². The Kier molecular flexibility index (Phi) is 5.75. The summed E-state index contributed by atoms with van der Waals surface area (Å²) in [5.74, 6) is 0.840. The van der Waals surface area contributed by atoms with Crippen molar-refractivity contribution < 1.29 is 9.53 Å². The molecule has 0 unspecified atom stereocenters. The molecule has 0 aliphatic carbocycles. The van der Waals surface area contributed by atoms with Crippen LogP contribution in [0.4, 0.5) is 0 Å². The Bertz CT molecular complexity index is 908. The minimum absolute atomic E-state index is 0.170. The normalized spacial score (nSPS) is 11.2. The molecule has 3 aromatic rings. The van der Waals surface area contributed by atoms with Crippen LogP contribution in [0, 0.1) is 0 Å². The molecule has 0 N–H and O–H groups in total. The Labute approximate surface area is 161 Å². The van der Waals surface area contributed by atoms with Crippen molar-refractivity contribution in [2.45, 2.75) is 39.2 Å². The van der Waals surface area contributed by atoms with Crippen molar-refractivity contribution in [1.29, 1.82) is 0 Å². The van der Waals surface area contributed by atoms with Crippen LogP contribution < -0.4 is 4.74 Å². The monoisotopic (exact) mass is 358 g/mol. The van der Waals surface area contributed by atoms with Crippen LogP contribution in [0.3, 0.4) is 0 Å². The number of hydrogen-bond acceptors (Lipinski definition) is 2. The predicted octanol–water partition coefficient (Wildman–Crippen LogP) is 6.43. The molecular formula is C25H26O2. The van der Waals surface area contributed by atoms with Crippen LogP contribution in [0.1, 0.15) is 48.7 Å². The number of benzene rings is 3. The van der Waals surface area contributed by atoms with E-state index in [1.54, 1.807) is 0 Å². The number of ether oxygens (including phenoxy) is 1. The second kappa shape index (κ2) is 8.22. The lowest BCUT2D eigenvalue weighted by molar-refractivity contribution is 0.112. The van der Waals surface area contributed by atoms with Crippen molar-refractivity contribution in [2.75, 3.05) is 0 Å². The fraction of sp³-hybridized carbons (Fsp3) is 0.240. The highest BCUT2D eigenvalue weighted by atomic mass is 16.5. The minimum atomic E-state index is 0.170. The van der Waals surface area contributed by atoms with Crippen LogP contribution in [0.5, 0.6) is 5.75 Å². The lowest BCUT2D eigenvalue weighted by atomic mass is 9.82. The third-order valence-corrected chi connectivity index (χ3v) is 5.21. The van der Waals surface area contributed by atoms with Gasteiger partial charge in [-0.1, -0.05) is 81.4 Å². The summed E-state index contributed by atoms with van der Waals surface area (Å²) >= 11 is 0. The van der Waals surface area contributed by atoms with Crippen molar-refractivity contribution in [3.8, 4) is 16.9 Å². The van der Waals surface area contributed by atoms with Gasteiger partial charge in [0.1, 0.15) is 18.6 Å². The van der Waals surface area contributed by atoms with Crippen molar-refractivity contribution in [2.24, 2.45) is 0 Å². The molecule has 0 aliphatic heterocycles. The number of carbonyl (C=O) groups is 1. The maximum Gasteiger partial charge on any atom is 0.150 e. The molecule has 2 nitrogen and oxygen atoms in total. The zero-order valence-electron chi connectivity index (χ0n) is 16.2. The molecule has 27 heavy (non-hydrogen) atoms. The molecule has 138 valence electrons. The molecule has 0 radical (unpaired) electrons. The number of aldehydes is 1. The lowest BCUT2D eigenvalue weighted by Crippen LogP contribution is -2.15. The van der Waals surface area contributed by atoms with E-state index in [9.17, 15) is 4.79 Å². The van der Waals surface area contributed by atoms with Gasteiger partial charge in [0.05, 0.1) is 0 Å². The second-order valence-corrected chi connectivity index (χ2v) is 7.49. The molecule has 0 amide bonds. The van der Waals surface area contributed by atoms with Crippen LogP contribution in [-0.4, -0.2) is 6.29 Å². The van der Waals surface area contributed by atoms with E-state index in [0.717, 1.165) is 29.6 Å². The summed E-state index contributed by atoms with van der Waals surface area (Å²) in [6, 6.07) is 24.3. The zero-order valence-corrected chi connectivity index (χ0v) is 16.2. The Hall–Kier alpha value is -2.87. The molecule has 0 bridgehead atoms. The Morgan fingerprint density at radius 3 is 2.33 bits per heavy atom. The molecule has 0 spiro atoms. The minimum Gasteiger partial charge on any atom is -0.489 e. The first kappa shape index (κ1) is 18.9. The van der Waals surface area contributed by atoms with Gasteiger partial charge in [0.2, 0.25) is 0 Å². The highest BCUT2D eigenvalue weighted by molar-refractivity contribution is 5.77. The molecule has 3 aromatic carbocycles. The zero-order chi connectivity index (χ0) is 19.3. The van der Waals surface area contributed by atoms with E-state index in [1.807, 2.05) is 48.5 Å². The van der Waals surface area contributed by atoms with Crippen molar-refractivity contribution in [1.82, 2.24) is 0 Å². The fourth-order valence-electron chi connectivity index (χ4n) is 2.97. The summed E-state index contributed by atoms with van der Waals surface area (Å²) < 4.78 is 6.04. The van der Waals surface area contributed by atoms with E-state index in [1.165, 1.54) is 11.1 Å². The number of hydrogen-bond donors (Lipinski definition) is 0. The summed E-state index contributed by atoms with van der Waals surface area (Å²) in [7, 11) is 0. The highest BCUT2D eigenvalue weighted by Gasteiger charge is 2.17. The van der Waals surface area contributed by atoms with Gasteiger partial charge in [-0.2, -0.15) is 0 Å². The van der Waals surface area contributed by atoms with Crippen molar-refractivity contribution in [3.63, 3.8) is 0 Å². The van der Waals surface area contributed by atoms with E-state index in [0.29, 0.717) is 12.2 Å². The first-order valence-electron chi connectivity index (χ1n) is 9.40. The first-order valence-corrected chi connectivity index (χ1v) is 9.40. The molecule has 0 atom stereocenters. The molecule has 2 heteroatoms. The molecule has 0 saturated carbocycles. The van der Waals surface area contributed by atoms with Crippen LogP contribution in [0.15, 0.2) is 72.8 Å². The third-order valence-electron chi connectivity index (χ3n) is 5.21. The van der Waals surface area contributed by atoms with E-state index < -0.39 is 0 Å². The lowest BCUT2D eigenvalue weighted by Gasteiger charge is -2.24. The molecule has 0 saturated heterocycles. The molecular weight excluding hydrogens is 332 g/mol. The number of rotatable bonds is 7. The average molecular weight is 358 g/mol. The van der Waals surface area contributed by atoms with E-state index >= 15 is 0 Å². The standard InChI is InChI=1S/C25H26O2/c1-4-25(2,3)23-9-5-7-20(15-23)18-27-24-10-6-8-22(16-24)21-13-11-19(17-26)12-14-21/h5-17H,4,18H2,1-3H3. The SMILES string of the molecule is CCC(C)(C)c1cccc(COc2cccc(-c3ccc(C=O)cc3)c2)c1. The largest absolute Gasteiger partial charge is 0.489 e. The maximum atomic E-state index is 10.8. The van der Waals surface area contributed by atoms with Gasteiger partial charge >= 0.3 is 0 Å². The summed E-state index contributed by atoms with van der Waals surface area (Å²) in [6.07, 6.45) is 1.96. The fourth-order valence-corrected chi connectivity index (χ4v) is 2.97. The van der Waals surface area contributed by atoms with Gasteiger partial charge in [-0.3, -0.25) is 4.79 Å². The predicted molar refractivity (Wildman–Crippen MR) is 111 cm³/mol. The van der Waals surface area contributed by atoms with Crippen LogP contribution in [-0.2, 0) is 12.0 Å². The summed E-state index contributed by atoms with van der Waals surface area (Å²) in [5.41, 5.74) is 5.51. The van der Waals surface area contributed by atoms with Crippen LogP contribution in [0.25, 0.3) is 11.1 Å². The Morgan fingerprint density at radius 1 is 0.889 bits per heavy atom. The van der Waals surface area contributed by atoms with Gasteiger partial charge in [-0.25, -0.2) is 0 Å². The van der Waals surface area contributed by atoms with Crippen molar-refractivity contribution in [3.05, 3.63) is 89.5 Å².